The van der Waals surface area contributed by atoms with Crippen LogP contribution in [0.3, 0.4) is 0 Å². The molecule has 0 N–H and O–H groups in total. The Morgan fingerprint density at radius 1 is 1.26 bits per heavy atom. The number of nitro benzene ring substituents is 1. The summed E-state index contributed by atoms with van der Waals surface area (Å²) in [5.74, 6) is 0.658. The van der Waals surface area contributed by atoms with Crippen LogP contribution in [-0.2, 0) is 11.3 Å². The van der Waals surface area contributed by atoms with Crippen molar-refractivity contribution in [3.63, 3.8) is 0 Å². The SMILES string of the molecule is C=CCOc1c(I)cc(/C=C2\SC(=O)N(Cc3ccc([N+](=O)[O-])cc3)C2=O)cc1OC. The van der Waals surface area contributed by atoms with Gasteiger partial charge in [-0.05, 0) is 63.7 Å². The highest BCUT2D eigenvalue weighted by molar-refractivity contribution is 14.1. The van der Waals surface area contributed by atoms with Crippen LogP contribution in [0.1, 0.15) is 11.1 Å². The number of nitro groups is 1. The van der Waals surface area contributed by atoms with E-state index in [0.29, 0.717) is 29.2 Å². The zero-order valence-electron chi connectivity index (χ0n) is 16.4. The number of carbonyl (C=O) groups is 2. The van der Waals surface area contributed by atoms with Crippen LogP contribution in [-0.4, -0.2) is 34.7 Å². The molecule has 0 unspecified atom stereocenters. The number of halogens is 1. The van der Waals surface area contributed by atoms with Crippen molar-refractivity contribution in [3.05, 3.63) is 78.8 Å². The molecule has 1 aliphatic heterocycles. The minimum absolute atomic E-state index is 0.0369. The number of rotatable bonds is 8. The molecule has 0 aromatic heterocycles. The van der Waals surface area contributed by atoms with E-state index in [4.69, 9.17) is 9.47 Å². The van der Waals surface area contributed by atoms with Gasteiger partial charge in [-0.15, -0.1) is 0 Å². The fourth-order valence-corrected chi connectivity index (χ4v) is 4.42. The van der Waals surface area contributed by atoms with E-state index in [1.54, 1.807) is 18.2 Å². The Kier molecular flexibility index (Phi) is 7.33. The Labute approximate surface area is 196 Å². The molecule has 0 bridgehead atoms. The summed E-state index contributed by atoms with van der Waals surface area (Å²) in [6, 6.07) is 9.29. The summed E-state index contributed by atoms with van der Waals surface area (Å²) < 4.78 is 11.8. The van der Waals surface area contributed by atoms with E-state index in [2.05, 4.69) is 29.2 Å². The van der Waals surface area contributed by atoms with Crippen LogP contribution < -0.4 is 9.47 Å². The van der Waals surface area contributed by atoms with Gasteiger partial charge in [0.15, 0.2) is 11.5 Å². The van der Waals surface area contributed by atoms with E-state index in [9.17, 15) is 19.7 Å². The number of hydrogen-bond acceptors (Lipinski definition) is 7. The summed E-state index contributed by atoms with van der Waals surface area (Å²) >= 11 is 2.96. The van der Waals surface area contributed by atoms with Crippen LogP contribution in [0, 0.1) is 13.7 Å². The second-order valence-electron chi connectivity index (χ2n) is 6.33. The first kappa shape index (κ1) is 22.8. The number of nitrogens with zero attached hydrogens (tertiary/aromatic N) is 2. The Balaban J connectivity index is 1.82. The van der Waals surface area contributed by atoms with Crippen molar-refractivity contribution >= 4 is 57.3 Å². The molecule has 0 aliphatic carbocycles. The van der Waals surface area contributed by atoms with E-state index in [0.717, 1.165) is 20.2 Å². The van der Waals surface area contributed by atoms with Crippen molar-refractivity contribution in [1.82, 2.24) is 4.90 Å². The normalized spacial score (nSPS) is 14.8. The van der Waals surface area contributed by atoms with Crippen LogP contribution >= 0.6 is 34.4 Å². The highest BCUT2D eigenvalue weighted by atomic mass is 127. The topological polar surface area (TPSA) is 99.0 Å². The first-order valence-electron chi connectivity index (χ1n) is 8.94. The lowest BCUT2D eigenvalue weighted by Crippen LogP contribution is -2.27. The molecule has 3 rings (SSSR count). The molecule has 2 aromatic rings. The molecule has 1 heterocycles. The summed E-state index contributed by atoms with van der Waals surface area (Å²) in [5.41, 5.74) is 1.25. The van der Waals surface area contributed by atoms with Crippen LogP contribution in [0.25, 0.3) is 6.08 Å². The molecule has 0 atom stereocenters. The lowest BCUT2D eigenvalue weighted by molar-refractivity contribution is -0.384. The van der Waals surface area contributed by atoms with Gasteiger partial charge in [0.1, 0.15) is 6.61 Å². The van der Waals surface area contributed by atoms with E-state index >= 15 is 0 Å². The molecule has 10 heteroatoms. The van der Waals surface area contributed by atoms with Crippen LogP contribution in [0.5, 0.6) is 11.5 Å². The zero-order chi connectivity index (χ0) is 22.5. The number of amides is 2. The monoisotopic (exact) mass is 552 g/mol. The maximum atomic E-state index is 12.8. The van der Waals surface area contributed by atoms with Gasteiger partial charge in [-0.3, -0.25) is 24.6 Å². The Morgan fingerprint density at radius 2 is 1.97 bits per heavy atom. The minimum atomic E-state index is -0.504. The number of carbonyl (C=O) groups excluding carboxylic acids is 2. The smallest absolute Gasteiger partial charge is 0.293 e. The van der Waals surface area contributed by atoms with E-state index in [1.807, 2.05) is 6.07 Å². The second kappa shape index (κ2) is 9.96. The molecule has 2 aromatic carbocycles. The van der Waals surface area contributed by atoms with Crippen molar-refractivity contribution in [3.8, 4) is 11.5 Å². The zero-order valence-corrected chi connectivity index (χ0v) is 19.3. The summed E-state index contributed by atoms with van der Waals surface area (Å²) in [6.07, 6.45) is 3.26. The van der Waals surface area contributed by atoms with E-state index < -0.39 is 16.1 Å². The summed E-state index contributed by atoms with van der Waals surface area (Å²) in [5, 5.41) is 10.4. The van der Waals surface area contributed by atoms with Gasteiger partial charge in [0.05, 0.1) is 27.1 Å². The van der Waals surface area contributed by atoms with Crippen molar-refractivity contribution in [1.29, 1.82) is 0 Å². The number of benzene rings is 2. The van der Waals surface area contributed by atoms with Crippen molar-refractivity contribution < 1.29 is 24.0 Å². The largest absolute Gasteiger partial charge is 0.493 e. The molecule has 1 saturated heterocycles. The van der Waals surface area contributed by atoms with Crippen molar-refractivity contribution in [2.75, 3.05) is 13.7 Å². The molecule has 160 valence electrons. The average Bonchev–Trinajstić information content (AvgIpc) is 3.00. The summed E-state index contributed by atoms with van der Waals surface area (Å²) in [6.45, 7) is 3.99. The first-order valence-corrected chi connectivity index (χ1v) is 10.8. The minimum Gasteiger partial charge on any atom is -0.493 e. The summed E-state index contributed by atoms with van der Waals surface area (Å²) in [4.78, 5) is 36.8. The number of imide groups is 1. The first-order chi connectivity index (χ1) is 14.8. The Bertz CT molecular complexity index is 1080. The van der Waals surface area contributed by atoms with Gasteiger partial charge in [0.2, 0.25) is 0 Å². The van der Waals surface area contributed by atoms with E-state index in [1.165, 1.54) is 31.4 Å². The van der Waals surface area contributed by atoms with Gasteiger partial charge in [0, 0.05) is 12.1 Å². The van der Waals surface area contributed by atoms with Gasteiger partial charge in [-0.2, -0.15) is 0 Å². The predicted molar refractivity (Wildman–Crippen MR) is 126 cm³/mol. The predicted octanol–water partition coefficient (Wildman–Crippen LogP) is 5.01. The third-order valence-corrected chi connectivity index (χ3v) is 5.97. The molecular formula is C21H17IN2O6S. The standard InChI is InChI=1S/C21H17IN2O6S/c1-3-8-30-19-16(22)9-14(10-17(19)29-2)11-18-20(25)23(21(26)31-18)12-13-4-6-15(7-5-13)24(27)28/h3-7,9-11H,1,8,12H2,2H3/b18-11-. The number of methoxy groups -OCH3 is 1. The molecule has 8 nitrogen and oxygen atoms in total. The second-order valence-corrected chi connectivity index (χ2v) is 8.48. The molecule has 0 radical (unpaired) electrons. The molecule has 1 aliphatic rings. The van der Waals surface area contributed by atoms with E-state index in [-0.39, 0.29) is 17.1 Å². The van der Waals surface area contributed by atoms with Gasteiger partial charge >= 0.3 is 0 Å². The van der Waals surface area contributed by atoms with Crippen LogP contribution in [0.15, 0.2) is 54.0 Å². The number of hydrogen-bond donors (Lipinski definition) is 0. The lowest BCUT2D eigenvalue weighted by atomic mass is 10.1. The molecule has 0 saturated carbocycles. The highest BCUT2D eigenvalue weighted by Crippen LogP contribution is 2.37. The molecule has 2 amide bonds. The van der Waals surface area contributed by atoms with Gasteiger partial charge in [-0.1, -0.05) is 24.8 Å². The van der Waals surface area contributed by atoms with Crippen molar-refractivity contribution in [2.24, 2.45) is 0 Å². The number of ether oxygens (including phenoxy) is 2. The molecule has 0 spiro atoms. The Hall–Kier alpha value is -2.86. The number of thioether (sulfide) groups is 1. The van der Waals surface area contributed by atoms with Crippen LogP contribution in [0.4, 0.5) is 10.5 Å². The quantitative estimate of drug-likeness (QED) is 0.149. The van der Waals surface area contributed by atoms with Crippen molar-refractivity contribution in [2.45, 2.75) is 6.54 Å². The van der Waals surface area contributed by atoms with Gasteiger partial charge in [-0.25, -0.2) is 0 Å². The van der Waals surface area contributed by atoms with Gasteiger partial charge < -0.3 is 9.47 Å². The number of non-ortho nitro benzene ring substituents is 1. The Morgan fingerprint density at radius 3 is 2.58 bits per heavy atom. The molecular weight excluding hydrogens is 535 g/mol. The maximum Gasteiger partial charge on any atom is 0.293 e. The molecule has 1 fully saturated rings. The fourth-order valence-electron chi connectivity index (χ4n) is 2.80. The highest BCUT2D eigenvalue weighted by Gasteiger charge is 2.35. The average molecular weight is 552 g/mol. The molecule has 31 heavy (non-hydrogen) atoms. The lowest BCUT2D eigenvalue weighted by Gasteiger charge is -2.13. The maximum absolute atomic E-state index is 12.8. The summed E-state index contributed by atoms with van der Waals surface area (Å²) in [7, 11) is 1.52. The third-order valence-electron chi connectivity index (χ3n) is 4.26. The van der Waals surface area contributed by atoms with Gasteiger partial charge in [0.25, 0.3) is 16.8 Å². The fraction of sp³-hybridized carbons (Fsp3) is 0.143. The third kappa shape index (κ3) is 5.25. The van der Waals surface area contributed by atoms with Crippen LogP contribution in [0.2, 0.25) is 0 Å².